The van der Waals surface area contributed by atoms with Gasteiger partial charge in [-0.2, -0.15) is 5.26 Å². The molecule has 0 spiro atoms. The fourth-order valence-corrected chi connectivity index (χ4v) is 10.4. The van der Waals surface area contributed by atoms with Gasteiger partial charge < -0.3 is 9.13 Å². The molecule has 0 aliphatic heterocycles. The van der Waals surface area contributed by atoms with Gasteiger partial charge in [-0.25, -0.2) is 15.0 Å². The van der Waals surface area contributed by atoms with Crippen LogP contribution >= 0.6 is 0 Å². The summed E-state index contributed by atoms with van der Waals surface area (Å²) in [6, 6.07) is 83.6. The minimum atomic E-state index is 0.560. The second kappa shape index (κ2) is 17.4. The maximum Gasteiger partial charge on any atom is 0.164 e. The Morgan fingerprint density at radius 2 is 0.708 bits per heavy atom. The molecule has 0 amide bonds. The minimum absolute atomic E-state index is 0.560. The van der Waals surface area contributed by atoms with Crippen LogP contribution in [-0.4, -0.2) is 24.1 Å². The van der Waals surface area contributed by atoms with Crippen LogP contribution in [0.25, 0.3) is 123 Å². The van der Waals surface area contributed by atoms with Gasteiger partial charge in [0.2, 0.25) is 0 Å². The zero-order chi connectivity index (χ0) is 48.3. The summed E-state index contributed by atoms with van der Waals surface area (Å²) in [5, 5.41) is 15.1. The van der Waals surface area contributed by atoms with Gasteiger partial charge in [0.05, 0.1) is 45.1 Å². The molecule has 0 N–H and O–H groups in total. The van der Waals surface area contributed by atoms with E-state index in [2.05, 4.69) is 187 Å². The van der Waals surface area contributed by atoms with Crippen molar-refractivity contribution in [1.29, 1.82) is 5.26 Å². The quantitative estimate of drug-likeness (QED) is 0.152. The third-order valence-electron chi connectivity index (χ3n) is 14.0. The lowest BCUT2D eigenvalue weighted by atomic mass is 9.97. The maximum absolute atomic E-state index is 10.6. The third-order valence-corrected chi connectivity index (χ3v) is 14.0. The largest absolute Gasteiger partial charge is 0.309 e. The van der Waals surface area contributed by atoms with E-state index in [0.29, 0.717) is 23.0 Å². The molecule has 0 radical (unpaired) electrons. The Labute approximate surface area is 417 Å². The van der Waals surface area contributed by atoms with Crippen molar-refractivity contribution >= 4 is 43.6 Å². The van der Waals surface area contributed by atoms with Crippen LogP contribution in [-0.2, 0) is 0 Å². The van der Waals surface area contributed by atoms with Crippen LogP contribution in [0.4, 0.5) is 0 Å². The van der Waals surface area contributed by atoms with Gasteiger partial charge in [-0.05, 0) is 90.7 Å². The van der Waals surface area contributed by atoms with Crippen LogP contribution in [0.1, 0.15) is 16.7 Å². The van der Waals surface area contributed by atoms with E-state index in [-0.39, 0.29) is 0 Å². The number of benzene rings is 10. The average Bonchev–Trinajstić information content (AvgIpc) is 3.95. The molecule has 0 bridgehead atoms. The zero-order valence-electron chi connectivity index (χ0n) is 39.6. The van der Waals surface area contributed by atoms with E-state index >= 15 is 0 Å². The van der Waals surface area contributed by atoms with Crippen molar-refractivity contribution in [2.45, 2.75) is 13.8 Å². The predicted octanol–water partition coefficient (Wildman–Crippen LogP) is 16.6. The molecular weight excluding hydrogens is 877 g/mol. The van der Waals surface area contributed by atoms with Crippen LogP contribution < -0.4 is 0 Å². The lowest BCUT2D eigenvalue weighted by Crippen LogP contribution is -2.04. The molecule has 13 rings (SSSR count). The summed E-state index contributed by atoms with van der Waals surface area (Å²) in [6.07, 6.45) is 0. The smallest absolute Gasteiger partial charge is 0.164 e. The van der Waals surface area contributed by atoms with Gasteiger partial charge in [-0.3, -0.25) is 0 Å². The topological polar surface area (TPSA) is 72.3 Å². The summed E-state index contributed by atoms with van der Waals surface area (Å²) in [5.74, 6) is 1.75. The highest BCUT2D eigenvalue weighted by Gasteiger charge is 2.23. The highest BCUT2D eigenvalue weighted by Crippen LogP contribution is 2.44. The van der Waals surface area contributed by atoms with Crippen molar-refractivity contribution in [3.05, 3.63) is 247 Å². The molecule has 0 aliphatic carbocycles. The number of hydrogen-bond acceptors (Lipinski definition) is 4. The van der Waals surface area contributed by atoms with Gasteiger partial charge in [-0.1, -0.05) is 187 Å². The normalized spacial score (nSPS) is 11.5. The van der Waals surface area contributed by atoms with Gasteiger partial charge in [0.15, 0.2) is 17.5 Å². The van der Waals surface area contributed by atoms with E-state index in [1.165, 1.54) is 22.3 Å². The van der Waals surface area contributed by atoms with Crippen molar-refractivity contribution in [3.63, 3.8) is 0 Å². The van der Waals surface area contributed by atoms with E-state index in [4.69, 9.17) is 15.0 Å². The average molecular weight is 921 g/mol. The van der Waals surface area contributed by atoms with Crippen molar-refractivity contribution in [2.75, 3.05) is 0 Å². The first-order valence-corrected chi connectivity index (χ1v) is 24.2. The zero-order valence-corrected chi connectivity index (χ0v) is 39.6. The van der Waals surface area contributed by atoms with E-state index < -0.39 is 0 Å². The van der Waals surface area contributed by atoms with Crippen molar-refractivity contribution in [1.82, 2.24) is 24.1 Å². The van der Waals surface area contributed by atoms with Crippen molar-refractivity contribution < 1.29 is 0 Å². The monoisotopic (exact) mass is 920 g/mol. The summed E-state index contributed by atoms with van der Waals surface area (Å²) < 4.78 is 4.73. The first-order valence-electron chi connectivity index (χ1n) is 24.2. The number of nitriles is 1. The fraction of sp³-hybridized carbons (Fsp3) is 0.0303. The number of rotatable bonds is 8. The van der Waals surface area contributed by atoms with Crippen molar-refractivity contribution in [2.24, 2.45) is 0 Å². The molecule has 13 aromatic rings. The number of para-hydroxylation sites is 2. The second-order valence-electron chi connectivity index (χ2n) is 18.5. The second-order valence-corrected chi connectivity index (χ2v) is 18.5. The molecule has 0 unspecified atom stereocenters. The standard InChI is InChI=1S/C66H44N6/c1-42-21-26-45(27-22-42)49-31-35-60-56(38-49)52-17-9-11-19-58(52)71(60)62-37-44(41-67)25-33-54(62)55-34-30-51(66-69-64(47-13-5-3-6-14-47)68-65(70-66)48-15-7-4-8-16-48)40-63(55)72-59-20-12-10-18-53(59)57-39-50(32-36-61(57)72)46-28-23-43(2)24-29-46/h3-40H,1-2H3. The molecule has 0 fully saturated rings. The van der Waals surface area contributed by atoms with Crippen LogP contribution in [0, 0.1) is 25.2 Å². The lowest BCUT2D eigenvalue weighted by molar-refractivity contribution is 1.07. The van der Waals surface area contributed by atoms with Gasteiger partial charge in [-0.15, -0.1) is 0 Å². The molecule has 338 valence electrons. The van der Waals surface area contributed by atoms with E-state index in [1.807, 2.05) is 72.8 Å². The van der Waals surface area contributed by atoms with Crippen LogP contribution in [0.2, 0.25) is 0 Å². The number of aromatic nitrogens is 5. The number of aryl methyl sites for hydroxylation is 2. The van der Waals surface area contributed by atoms with Gasteiger partial charge in [0.25, 0.3) is 0 Å². The maximum atomic E-state index is 10.6. The summed E-state index contributed by atoms with van der Waals surface area (Å²) in [4.78, 5) is 15.5. The van der Waals surface area contributed by atoms with E-state index in [0.717, 1.165) is 93.9 Å². The molecule has 0 saturated heterocycles. The van der Waals surface area contributed by atoms with Gasteiger partial charge in [0.1, 0.15) is 0 Å². The molecule has 72 heavy (non-hydrogen) atoms. The summed E-state index contributed by atoms with van der Waals surface area (Å²) in [5.41, 5.74) is 18.3. The number of hydrogen-bond donors (Lipinski definition) is 0. The molecule has 0 saturated carbocycles. The summed E-state index contributed by atoms with van der Waals surface area (Å²) >= 11 is 0. The first-order chi connectivity index (χ1) is 35.5. The molecule has 0 atom stereocenters. The lowest BCUT2D eigenvalue weighted by Gasteiger charge is -2.20. The Morgan fingerprint density at radius 3 is 1.19 bits per heavy atom. The minimum Gasteiger partial charge on any atom is -0.309 e. The molecular formula is C66H44N6. The molecule has 3 heterocycles. The number of fused-ring (bicyclic) bond motifs is 6. The Kier molecular flexibility index (Phi) is 10.2. The van der Waals surface area contributed by atoms with Crippen LogP contribution in [0.3, 0.4) is 0 Å². The van der Waals surface area contributed by atoms with Gasteiger partial charge >= 0.3 is 0 Å². The summed E-state index contributed by atoms with van der Waals surface area (Å²) in [7, 11) is 0. The molecule has 6 nitrogen and oxygen atoms in total. The predicted molar refractivity (Wildman–Crippen MR) is 295 cm³/mol. The highest BCUT2D eigenvalue weighted by molar-refractivity contribution is 6.13. The number of nitrogens with zero attached hydrogens (tertiary/aromatic N) is 6. The Morgan fingerprint density at radius 1 is 0.319 bits per heavy atom. The third kappa shape index (κ3) is 7.31. The molecule has 3 aromatic heterocycles. The SMILES string of the molecule is Cc1ccc(-c2ccc3c(c2)c2ccccc2n3-c2cc(C#N)ccc2-c2ccc(-c3nc(-c4ccccc4)nc(-c4ccccc4)n3)cc2-n2c3ccccc3c3cc(-c4ccc(C)cc4)ccc32)cc1. The van der Waals surface area contributed by atoms with Crippen LogP contribution in [0.5, 0.6) is 0 Å². The molecule has 6 heteroatoms. The molecule has 10 aromatic carbocycles. The first kappa shape index (κ1) is 42.4. The Balaban J connectivity index is 1.09. The Bertz CT molecular complexity index is 4220. The van der Waals surface area contributed by atoms with Crippen LogP contribution in [0.15, 0.2) is 231 Å². The highest BCUT2D eigenvalue weighted by atomic mass is 15.0. The Hall–Kier alpha value is -9.70. The van der Waals surface area contributed by atoms with Crippen molar-refractivity contribution in [3.8, 4) is 85.0 Å². The van der Waals surface area contributed by atoms with Gasteiger partial charge in [0, 0.05) is 49.4 Å². The fourth-order valence-electron chi connectivity index (χ4n) is 10.4. The molecule has 0 aliphatic rings. The van der Waals surface area contributed by atoms with E-state index in [1.54, 1.807) is 0 Å². The van der Waals surface area contributed by atoms with E-state index in [9.17, 15) is 5.26 Å². The summed E-state index contributed by atoms with van der Waals surface area (Å²) in [6.45, 7) is 4.24.